The van der Waals surface area contributed by atoms with E-state index in [1.54, 1.807) is 12.1 Å². The zero-order valence-electron chi connectivity index (χ0n) is 14.2. The predicted octanol–water partition coefficient (Wildman–Crippen LogP) is 4.52. The third-order valence-corrected chi connectivity index (χ3v) is 4.86. The lowest BCUT2D eigenvalue weighted by Gasteiger charge is -2.13. The highest BCUT2D eigenvalue weighted by molar-refractivity contribution is 7.90. The molecule has 2 rings (SSSR count). The second kappa shape index (κ2) is 8.69. The molecule has 1 aromatic rings. The highest BCUT2D eigenvalue weighted by Gasteiger charge is 2.23. The molecule has 1 aliphatic carbocycles. The fraction of sp³-hybridized carbons (Fsp3) is 0.611. The van der Waals surface area contributed by atoms with Crippen molar-refractivity contribution in [2.75, 3.05) is 12.4 Å². The summed E-state index contributed by atoms with van der Waals surface area (Å²) < 4.78 is 36.0. The smallest absolute Gasteiger partial charge is 0.165 e. The van der Waals surface area contributed by atoms with Crippen molar-refractivity contribution in [3.05, 3.63) is 29.6 Å². The zero-order chi connectivity index (χ0) is 16.8. The first-order valence-electron chi connectivity index (χ1n) is 8.41. The molecule has 1 saturated carbocycles. The molecule has 0 heterocycles. The van der Waals surface area contributed by atoms with Crippen LogP contribution in [0.5, 0.6) is 5.75 Å². The fourth-order valence-electron chi connectivity index (χ4n) is 2.18. The average molecular weight is 339 g/mol. The van der Waals surface area contributed by atoms with E-state index in [4.69, 9.17) is 4.74 Å². The summed E-state index contributed by atoms with van der Waals surface area (Å²) in [5, 5.41) is 0. The Bertz CT molecular complexity index is 544. The van der Waals surface area contributed by atoms with Gasteiger partial charge in [-0.05, 0) is 43.4 Å². The summed E-state index contributed by atoms with van der Waals surface area (Å²) in [6.07, 6.45) is 4.21. The molecule has 5 heteroatoms. The number of benzene rings is 1. The maximum atomic E-state index is 13.9. The van der Waals surface area contributed by atoms with E-state index in [1.807, 2.05) is 13.8 Å². The summed E-state index contributed by atoms with van der Waals surface area (Å²) in [5.74, 6) is 1.16. The molecule has 0 aromatic heterocycles. The summed E-state index contributed by atoms with van der Waals surface area (Å²) in [6, 6.07) is 4.78. The van der Waals surface area contributed by atoms with Gasteiger partial charge >= 0.3 is 0 Å². The van der Waals surface area contributed by atoms with E-state index < -0.39 is 11.4 Å². The Balaban J connectivity index is 2.16. The zero-order valence-corrected chi connectivity index (χ0v) is 15.0. The number of unbranched alkanes of at least 4 members (excludes halogenated alkanes) is 1. The second-order valence-electron chi connectivity index (χ2n) is 6.41. The number of rotatable bonds is 9. The monoisotopic (exact) mass is 339 g/mol. The van der Waals surface area contributed by atoms with Gasteiger partial charge in [-0.25, -0.2) is 4.39 Å². The Morgan fingerprint density at radius 1 is 1.43 bits per heavy atom. The molecule has 23 heavy (non-hydrogen) atoms. The topological polar surface area (TPSA) is 44.7 Å². The van der Waals surface area contributed by atoms with Crippen molar-refractivity contribution in [1.29, 1.82) is 0 Å². The molecule has 1 atom stereocenters. The van der Waals surface area contributed by atoms with Gasteiger partial charge in [-0.1, -0.05) is 31.6 Å². The number of halogens is 1. The lowest BCUT2D eigenvalue weighted by Crippen LogP contribution is -2.15. The van der Waals surface area contributed by atoms with E-state index in [9.17, 15) is 8.94 Å². The Labute approximate surface area is 141 Å². The fourth-order valence-corrected chi connectivity index (χ4v) is 3.34. The van der Waals surface area contributed by atoms with Crippen LogP contribution in [0.15, 0.2) is 22.6 Å². The number of ether oxygens (including phenoxy) is 1. The highest BCUT2D eigenvalue weighted by Crippen LogP contribution is 2.30. The molecule has 0 saturated heterocycles. The van der Waals surface area contributed by atoms with E-state index in [1.165, 1.54) is 6.07 Å². The van der Waals surface area contributed by atoms with E-state index in [0.717, 1.165) is 37.0 Å². The van der Waals surface area contributed by atoms with E-state index >= 15 is 0 Å². The SMILES string of the molecule is CCCC[S@+]([O-])/N=C(/c1ccc(F)c(OCC2CC2)c1)C(C)C. The molecule has 1 aromatic carbocycles. The molecule has 0 spiro atoms. The van der Waals surface area contributed by atoms with Gasteiger partial charge in [0, 0.05) is 11.5 Å². The van der Waals surface area contributed by atoms with Crippen LogP contribution in [0.25, 0.3) is 0 Å². The molecular weight excluding hydrogens is 313 g/mol. The molecule has 0 bridgehead atoms. The number of hydrogen-bond donors (Lipinski definition) is 0. The van der Waals surface area contributed by atoms with Gasteiger partial charge < -0.3 is 9.29 Å². The lowest BCUT2D eigenvalue weighted by atomic mass is 10.00. The van der Waals surface area contributed by atoms with Crippen molar-refractivity contribution in [2.45, 2.75) is 46.5 Å². The van der Waals surface area contributed by atoms with Gasteiger partial charge in [-0.3, -0.25) is 0 Å². The van der Waals surface area contributed by atoms with Gasteiger partial charge in [0.2, 0.25) is 0 Å². The highest BCUT2D eigenvalue weighted by atomic mass is 32.2. The normalized spacial score (nSPS) is 16.7. The number of hydrogen-bond acceptors (Lipinski definition) is 3. The van der Waals surface area contributed by atoms with Crippen molar-refractivity contribution in [1.82, 2.24) is 0 Å². The van der Waals surface area contributed by atoms with Crippen molar-refractivity contribution < 1.29 is 13.7 Å². The molecular formula is C18H26FNO2S. The summed E-state index contributed by atoms with van der Waals surface area (Å²) in [4.78, 5) is 0. The van der Waals surface area contributed by atoms with Gasteiger partial charge in [-0.15, -0.1) is 0 Å². The number of nitrogens with zero attached hydrogens (tertiary/aromatic N) is 1. The van der Waals surface area contributed by atoms with Crippen molar-refractivity contribution in [3.8, 4) is 5.75 Å². The van der Waals surface area contributed by atoms with E-state index in [-0.39, 0.29) is 17.5 Å². The minimum atomic E-state index is -1.23. The molecule has 3 nitrogen and oxygen atoms in total. The van der Waals surface area contributed by atoms with Crippen molar-refractivity contribution >= 4 is 17.1 Å². The van der Waals surface area contributed by atoms with Crippen LogP contribution in [-0.4, -0.2) is 22.6 Å². The van der Waals surface area contributed by atoms with Crippen LogP contribution in [0.4, 0.5) is 4.39 Å². The van der Waals surface area contributed by atoms with Gasteiger partial charge in [0.15, 0.2) is 11.6 Å². The summed E-state index contributed by atoms with van der Waals surface area (Å²) in [7, 11) is 0. The first kappa shape index (κ1) is 18.3. The third kappa shape index (κ3) is 5.81. The molecule has 0 N–H and O–H groups in total. The second-order valence-corrected chi connectivity index (χ2v) is 7.64. The molecule has 0 amide bonds. The maximum Gasteiger partial charge on any atom is 0.165 e. The van der Waals surface area contributed by atoms with Gasteiger partial charge in [-0.2, -0.15) is 0 Å². The maximum absolute atomic E-state index is 13.9. The first-order valence-corrected chi connectivity index (χ1v) is 9.68. The third-order valence-electron chi connectivity index (χ3n) is 3.82. The molecule has 0 radical (unpaired) electrons. The van der Waals surface area contributed by atoms with E-state index in [2.05, 4.69) is 11.3 Å². The summed E-state index contributed by atoms with van der Waals surface area (Å²) in [6.45, 7) is 6.64. The molecule has 1 aliphatic rings. The molecule has 0 aliphatic heterocycles. The Morgan fingerprint density at radius 3 is 2.78 bits per heavy atom. The Morgan fingerprint density at radius 2 is 2.17 bits per heavy atom. The predicted molar refractivity (Wildman–Crippen MR) is 93.9 cm³/mol. The van der Waals surface area contributed by atoms with Gasteiger partial charge in [0.05, 0.1) is 18.0 Å². The summed E-state index contributed by atoms with van der Waals surface area (Å²) in [5.41, 5.74) is 1.53. The molecule has 128 valence electrons. The average Bonchev–Trinajstić information content (AvgIpc) is 3.34. The van der Waals surface area contributed by atoms with Crippen LogP contribution in [0.1, 0.15) is 52.0 Å². The minimum absolute atomic E-state index is 0.113. The Hall–Kier alpha value is -1.07. The van der Waals surface area contributed by atoms with Gasteiger partial charge in [0.25, 0.3) is 0 Å². The van der Waals surface area contributed by atoms with Crippen LogP contribution in [0.3, 0.4) is 0 Å². The van der Waals surface area contributed by atoms with Crippen molar-refractivity contribution in [3.63, 3.8) is 0 Å². The first-order chi connectivity index (χ1) is 11.0. The Kier molecular flexibility index (Phi) is 6.90. The summed E-state index contributed by atoms with van der Waals surface area (Å²) >= 11 is -1.23. The van der Waals surface area contributed by atoms with Crippen LogP contribution in [0, 0.1) is 17.7 Å². The van der Waals surface area contributed by atoms with Crippen LogP contribution >= 0.6 is 0 Å². The quantitative estimate of drug-likeness (QED) is 0.490. The molecule has 0 unspecified atom stereocenters. The minimum Gasteiger partial charge on any atom is -0.591 e. The molecule has 1 fully saturated rings. The standard InChI is InChI=1S/C18H26FNO2S/c1-4-5-10-23(21)20-18(13(2)3)15-8-9-16(19)17(11-15)22-12-14-6-7-14/h8-9,11,13-14H,4-7,10,12H2,1-3H3/b20-18+/t23-/m0/s1. The lowest BCUT2D eigenvalue weighted by molar-refractivity contribution is 0.285. The van der Waals surface area contributed by atoms with Crippen LogP contribution in [-0.2, 0) is 11.4 Å². The van der Waals surface area contributed by atoms with Gasteiger partial charge in [0.1, 0.15) is 11.5 Å². The van der Waals surface area contributed by atoms with Crippen LogP contribution < -0.4 is 4.74 Å². The van der Waals surface area contributed by atoms with Crippen LogP contribution in [0.2, 0.25) is 0 Å². The van der Waals surface area contributed by atoms with E-state index in [0.29, 0.717) is 18.3 Å². The largest absolute Gasteiger partial charge is 0.591 e. The van der Waals surface area contributed by atoms with Crippen molar-refractivity contribution in [2.24, 2.45) is 16.2 Å².